The van der Waals surface area contributed by atoms with Crippen LogP contribution < -0.4 is 5.73 Å². The number of benzene rings is 1. The highest BCUT2D eigenvalue weighted by atomic mass is 19.1. The number of hydrogen-bond donors (Lipinski definition) is 1. The molecule has 0 saturated heterocycles. The minimum Gasteiger partial charge on any atom is -0.368 e. The first-order chi connectivity index (χ1) is 11.0. The fraction of sp³-hybridized carbons (Fsp3) is 0.294. The summed E-state index contributed by atoms with van der Waals surface area (Å²) in [5.74, 6) is -1.13. The zero-order valence-corrected chi connectivity index (χ0v) is 12.4. The maximum absolute atomic E-state index is 13.1. The molecule has 1 heterocycles. The first-order valence-corrected chi connectivity index (χ1v) is 7.35. The van der Waals surface area contributed by atoms with E-state index in [2.05, 4.69) is 0 Å². The van der Waals surface area contributed by atoms with Gasteiger partial charge in [0.05, 0.1) is 19.1 Å². The number of ether oxygens (including phenoxy) is 1. The minimum absolute atomic E-state index is 0.0536. The molecule has 1 aromatic carbocycles. The smallest absolute Gasteiger partial charge is 0.236 e. The molecule has 23 heavy (non-hydrogen) atoms. The van der Waals surface area contributed by atoms with Gasteiger partial charge >= 0.3 is 0 Å². The van der Waals surface area contributed by atoms with Gasteiger partial charge in [0, 0.05) is 12.7 Å². The van der Waals surface area contributed by atoms with E-state index in [0.29, 0.717) is 12.1 Å². The van der Waals surface area contributed by atoms with Crippen LogP contribution >= 0.6 is 0 Å². The van der Waals surface area contributed by atoms with E-state index < -0.39 is 12.0 Å². The van der Waals surface area contributed by atoms with Crippen molar-refractivity contribution in [1.29, 1.82) is 0 Å². The molecule has 120 valence electrons. The third kappa shape index (κ3) is 3.48. The van der Waals surface area contributed by atoms with Crippen LogP contribution in [0.3, 0.4) is 0 Å². The molecule has 2 atom stereocenters. The molecule has 0 aromatic heterocycles. The number of nitrogens with two attached hydrogens (primary N) is 1. The average molecular weight is 316 g/mol. The molecule has 6 heteroatoms. The SMILES string of the molecule is NC(=O)CN1C=C2C=CC(OCc3cccc(F)c3)C(=O)C2C1. The summed E-state index contributed by atoms with van der Waals surface area (Å²) in [4.78, 5) is 25.2. The van der Waals surface area contributed by atoms with Crippen molar-refractivity contribution in [3.8, 4) is 0 Å². The molecule has 0 radical (unpaired) electrons. The number of ketones is 1. The van der Waals surface area contributed by atoms with Crippen LogP contribution in [0.1, 0.15) is 5.56 Å². The Kier molecular flexibility index (Phi) is 4.25. The minimum atomic E-state index is -0.658. The Labute approximate surface area is 133 Å². The van der Waals surface area contributed by atoms with E-state index in [-0.39, 0.29) is 30.7 Å². The summed E-state index contributed by atoms with van der Waals surface area (Å²) in [5, 5.41) is 0. The molecule has 0 fully saturated rings. The van der Waals surface area contributed by atoms with Gasteiger partial charge in [-0.2, -0.15) is 0 Å². The quantitative estimate of drug-likeness (QED) is 0.884. The van der Waals surface area contributed by atoms with Crippen LogP contribution in [0, 0.1) is 11.7 Å². The van der Waals surface area contributed by atoms with Gasteiger partial charge in [-0.3, -0.25) is 9.59 Å². The monoisotopic (exact) mass is 316 g/mol. The van der Waals surface area contributed by atoms with Gasteiger partial charge < -0.3 is 15.4 Å². The van der Waals surface area contributed by atoms with Crippen LogP contribution in [0.25, 0.3) is 0 Å². The van der Waals surface area contributed by atoms with Crippen molar-refractivity contribution in [2.45, 2.75) is 12.7 Å². The van der Waals surface area contributed by atoms with Gasteiger partial charge in [0.25, 0.3) is 0 Å². The molecule has 5 nitrogen and oxygen atoms in total. The van der Waals surface area contributed by atoms with E-state index in [1.165, 1.54) is 12.1 Å². The van der Waals surface area contributed by atoms with Gasteiger partial charge in [-0.15, -0.1) is 0 Å². The number of carbonyl (C=O) groups excluding carboxylic acids is 2. The standard InChI is InChI=1S/C17H17FN2O3/c18-13-3-1-2-11(6-13)10-23-15-5-4-12-7-20(9-16(19)21)8-14(12)17(15)22/h1-7,14-15H,8-10H2,(H2,19,21). The number of nitrogens with zero attached hydrogens (tertiary/aromatic N) is 1. The summed E-state index contributed by atoms with van der Waals surface area (Å²) in [6.45, 7) is 0.687. The van der Waals surface area contributed by atoms with Gasteiger partial charge in [0.1, 0.15) is 11.9 Å². The second kappa shape index (κ2) is 6.34. The molecule has 1 aliphatic carbocycles. The molecule has 1 aromatic rings. The van der Waals surface area contributed by atoms with Gasteiger partial charge in [-0.05, 0) is 29.3 Å². The van der Waals surface area contributed by atoms with Crippen molar-refractivity contribution in [2.75, 3.05) is 13.1 Å². The number of primary amides is 1. The highest BCUT2D eigenvalue weighted by Gasteiger charge is 2.36. The van der Waals surface area contributed by atoms with Crippen LogP contribution in [0.4, 0.5) is 4.39 Å². The van der Waals surface area contributed by atoms with Gasteiger partial charge in [0.2, 0.25) is 5.91 Å². The number of carbonyl (C=O) groups is 2. The molecule has 1 aliphatic heterocycles. The molecule has 1 amide bonds. The van der Waals surface area contributed by atoms with Crippen molar-refractivity contribution < 1.29 is 18.7 Å². The summed E-state index contributed by atoms with van der Waals surface area (Å²) < 4.78 is 18.8. The molecule has 3 rings (SSSR count). The van der Waals surface area contributed by atoms with E-state index >= 15 is 0 Å². The van der Waals surface area contributed by atoms with Crippen molar-refractivity contribution in [3.63, 3.8) is 0 Å². The highest BCUT2D eigenvalue weighted by Crippen LogP contribution is 2.29. The normalized spacial score (nSPS) is 22.9. The summed E-state index contributed by atoms with van der Waals surface area (Å²) in [6.07, 6.45) is 4.65. The fourth-order valence-electron chi connectivity index (χ4n) is 2.86. The van der Waals surface area contributed by atoms with Crippen molar-refractivity contribution in [3.05, 3.63) is 59.6 Å². The molecule has 0 saturated carbocycles. The van der Waals surface area contributed by atoms with Gasteiger partial charge in [0.15, 0.2) is 5.78 Å². The molecular weight excluding hydrogens is 299 g/mol. The number of allylic oxidation sites excluding steroid dienone is 1. The Hall–Kier alpha value is -2.47. The van der Waals surface area contributed by atoms with Crippen LogP contribution in [0.5, 0.6) is 0 Å². The Balaban J connectivity index is 1.62. The predicted molar refractivity (Wildman–Crippen MR) is 81.5 cm³/mol. The molecular formula is C17H17FN2O3. The summed E-state index contributed by atoms with van der Waals surface area (Å²) in [5.41, 5.74) is 6.72. The second-order valence-corrected chi connectivity index (χ2v) is 5.70. The summed E-state index contributed by atoms with van der Waals surface area (Å²) in [7, 11) is 0. The molecule has 2 N–H and O–H groups in total. The van der Waals surface area contributed by atoms with Crippen molar-refractivity contribution in [1.82, 2.24) is 4.90 Å². The number of halogens is 1. The number of rotatable bonds is 5. The summed E-state index contributed by atoms with van der Waals surface area (Å²) >= 11 is 0. The number of amides is 1. The zero-order valence-electron chi connectivity index (χ0n) is 12.4. The Bertz CT molecular complexity index is 699. The molecule has 0 spiro atoms. The average Bonchev–Trinajstić information content (AvgIpc) is 2.89. The Morgan fingerprint density at radius 3 is 3.00 bits per heavy atom. The lowest BCUT2D eigenvalue weighted by Crippen LogP contribution is -2.36. The van der Waals surface area contributed by atoms with E-state index in [0.717, 1.165) is 5.57 Å². The van der Waals surface area contributed by atoms with Crippen molar-refractivity contribution >= 4 is 11.7 Å². The molecule has 2 aliphatic rings. The third-order valence-electron chi connectivity index (χ3n) is 3.92. The lowest BCUT2D eigenvalue weighted by molar-refractivity contribution is -0.132. The van der Waals surface area contributed by atoms with E-state index in [1.54, 1.807) is 29.3 Å². The maximum atomic E-state index is 13.1. The summed E-state index contributed by atoms with van der Waals surface area (Å²) in [6, 6.07) is 6.09. The van der Waals surface area contributed by atoms with E-state index in [1.807, 2.05) is 6.08 Å². The van der Waals surface area contributed by atoms with E-state index in [9.17, 15) is 14.0 Å². The van der Waals surface area contributed by atoms with Crippen LogP contribution in [-0.2, 0) is 20.9 Å². The number of hydrogen-bond acceptors (Lipinski definition) is 4. The maximum Gasteiger partial charge on any atom is 0.236 e. The molecule has 0 bridgehead atoms. The predicted octanol–water partition coefficient (Wildman–Crippen LogP) is 1.15. The molecule has 2 unspecified atom stereocenters. The largest absolute Gasteiger partial charge is 0.368 e. The fourth-order valence-corrected chi connectivity index (χ4v) is 2.86. The number of Topliss-reactive ketones (excluding diaryl/α,β-unsaturated/α-hetero) is 1. The highest BCUT2D eigenvalue weighted by molar-refractivity contribution is 5.92. The van der Waals surface area contributed by atoms with Gasteiger partial charge in [-0.1, -0.05) is 18.2 Å². The second-order valence-electron chi connectivity index (χ2n) is 5.70. The van der Waals surface area contributed by atoms with Crippen LogP contribution in [-0.4, -0.2) is 35.8 Å². The van der Waals surface area contributed by atoms with Gasteiger partial charge in [-0.25, -0.2) is 4.39 Å². The van der Waals surface area contributed by atoms with Crippen LogP contribution in [0.15, 0.2) is 48.2 Å². The lowest BCUT2D eigenvalue weighted by Gasteiger charge is -2.23. The number of fused-ring (bicyclic) bond motifs is 1. The first kappa shape index (κ1) is 15.4. The van der Waals surface area contributed by atoms with Crippen molar-refractivity contribution in [2.24, 2.45) is 11.7 Å². The Morgan fingerprint density at radius 2 is 2.26 bits per heavy atom. The van der Waals surface area contributed by atoms with E-state index in [4.69, 9.17) is 10.5 Å². The van der Waals surface area contributed by atoms with Crippen LogP contribution in [0.2, 0.25) is 0 Å². The first-order valence-electron chi connectivity index (χ1n) is 7.35. The lowest BCUT2D eigenvalue weighted by atomic mass is 9.88. The third-order valence-corrected chi connectivity index (χ3v) is 3.92. The zero-order chi connectivity index (χ0) is 16.4. The Morgan fingerprint density at radius 1 is 1.43 bits per heavy atom. The topological polar surface area (TPSA) is 72.6 Å².